The average Bonchev–Trinajstić information content (AvgIpc) is 3.12. The first-order valence-corrected chi connectivity index (χ1v) is 12.7. The second-order valence-corrected chi connectivity index (χ2v) is 14.2. The Morgan fingerprint density at radius 1 is 0.735 bits per heavy atom. The van der Waals surface area contributed by atoms with Gasteiger partial charge in [-0.1, -0.05) is 95.2 Å². The van der Waals surface area contributed by atoms with Crippen LogP contribution in [0.1, 0.15) is 106 Å². The first kappa shape index (κ1) is 23.3. The maximum absolute atomic E-state index is 5.37. The molecule has 0 radical (unpaired) electrons. The molecule has 0 N–H and O–H groups in total. The molecule has 34 heavy (non-hydrogen) atoms. The first-order chi connectivity index (χ1) is 15.4. The fourth-order valence-electron chi connectivity index (χ4n) is 6.12. The van der Waals surface area contributed by atoms with Gasteiger partial charge in [-0.05, 0) is 56.5 Å². The number of fused-ring (bicyclic) bond motifs is 6. The Morgan fingerprint density at radius 3 is 1.88 bits per heavy atom. The fourth-order valence-corrected chi connectivity index (χ4v) is 6.12. The van der Waals surface area contributed by atoms with Crippen LogP contribution in [0.4, 0.5) is 0 Å². The van der Waals surface area contributed by atoms with Crippen LogP contribution < -0.4 is 0 Å². The predicted octanol–water partition coefficient (Wildman–Crippen LogP) is 8.23. The fraction of sp³-hybridized carbons (Fsp3) is 0.548. The van der Waals surface area contributed by atoms with Crippen LogP contribution in [-0.2, 0) is 21.7 Å². The zero-order chi connectivity index (χ0) is 25.2. The topological polar surface area (TPSA) is 30.2 Å². The zero-order valence-electron chi connectivity index (χ0n) is 23.2. The highest BCUT2D eigenvalue weighted by Crippen LogP contribution is 2.62. The number of para-hydroxylation sites is 1. The first-order valence-electron chi connectivity index (χ1n) is 12.7. The number of imidazole rings is 1. The molecule has 5 rings (SSSR count). The minimum atomic E-state index is -0.127. The summed E-state index contributed by atoms with van der Waals surface area (Å²) in [4.78, 5) is 10.7. The van der Waals surface area contributed by atoms with Gasteiger partial charge in [-0.15, -0.1) is 0 Å². The van der Waals surface area contributed by atoms with E-state index in [9.17, 15) is 0 Å². The minimum Gasteiger partial charge on any atom is -0.279 e. The molecule has 3 nitrogen and oxygen atoms in total. The van der Waals surface area contributed by atoms with Crippen LogP contribution in [0.3, 0.4) is 0 Å². The number of aromatic nitrogens is 3. The maximum atomic E-state index is 5.37. The Morgan fingerprint density at radius 2 is 1.32 bits per heavy atom. The molecule has 0 atom stereocenters. The van der Waals surface area contributed by atoms with Crippen LogP contribution in [-0.4, -0.2) is 14.4 Å². The maximum Gasteiger partial charge on any atom is 0.148 e. The summed E-state index contributed by atoms with van der Waals surface area (Å²) in [5.74, 6) is 1.07. The highest BCUT2D eigenvalue weighted by molar-refractivity contribution is 5.98. The van der Waals surface area contributed by atoms with Gasteiger partial charge in [0, 0.05) is 10.8 Å². The van der Waals surface area contributed by atoms with Crippen LogP contribution in [0.25, 0.3) is 27.6 Å². The van der Waals surface area contributed by atoms with E-state index in [2.05, 4.69) is 118 Å². The molecule has 0 bridgehead atoms. The SMILES string of the molecule is CC(C)(C)c1cccc2c1nc(C(C)(C)C)n1c3cc4c(cc3nc21)C(C)(C)C(C)(C)C4(C)C. The summed E-state index contributed by atoms with van der Waals surface area (Å²) >= 11 is 0. The van der Waals surface area contributed by atoms with Crippen molar-refractivity contribution in [1.82, 2.24) is 14.4 Å². The molecule has 3 heteroatoms. The molecule has 2 heterocycles. The lowest BCUT2D eigenvalue weighted by Gasteiger charge is -2.44. The summed E-state index contributed by atoms with van der Waals surface area (Å²) in [6.07, 6.45) is 0. The van der Waals surface area contributed by atoms with Crippen molar-refractivity contribution in [2.75, 3.05) is 0 Å². The average molecular weight is 456 g/mol. The van der Waals surface area contributed by atoms with E-state index in [0.717, 1.165) is 27.9 Å². The number of benzene rings is 2. The van der Waals surface area contributed by atoms with Crippen LogP contribution in [0, 0.1) is 5.41 Å². The Balaban J connectivity index is 1.99. The molecule has 4 aromatic rings. The van der Waals surface area contributed by atoms with Gasteiger partial charge in [0.15, 0.2) is 0 Å². The summed E-state index contributed by atoms with van der Waals surface area (Å²) in [7, 11) is 0. The van der Waals surface area contributed by atoms with Crippen molar-refractivity contribution in [2.45, 2.75) is 105 Å². The highest BCUT2D eigenvalue weighted by atomic mass is 15.1. The van der Waals surface area contributed by atoms with Gasteiger partial charge in [-0.25, -0.2) is 9.97 Å². The Labute approximate surface area is 205 Å². The van der Waals surface area contributed by atoms with E-state index in [-0.39, 0.29) is 27.1 Å². The Hall–Kier alpha value is -2.42. The standard InChI is InChI=1S/C31H41N3/c1-27(2,3)19-15-13-14-18-24(19)33-26(28(4,5)6)34-23-17-21-20(16-22(23)32-25(18)34)29(7,8)31(11,12)30(21,9)10/h13-17H,1-12H3. The number of hydrogen-bond donors (Lipinski definition) is 0. The van der Waals surface area contributed by atoms with Crippen molar-refractivity contribution in [3.63, 3.8) is 0 Å². The normalized spacial score (nSPS) is 19.3. The summed E-state index contributed by atoms with van der Waals surface area (Å²) in [6, 6.07) is 11.4. The zero-order valence-corrected chi connectivity index (χ0v) is 23.2. The van der Waals surface area contributed by atoms with E-state index in [0.29, 0.717) is 0 Å². The summed E-state index contributed by atoms with van der Waals surface area (Å²) in [6.45, 7) is 28.0. The third-order valence-corrected chi connectivity index (χ3v) is 9.45. The van der Waals surface area contributed by atoms with Crippen molar-refractivity contribution in [3.8, 4) is 0 Å². The molecule has 0 aliphatic heterocycles. The van der Waals surface area contributed by atoms with Gasteiger partial charge in [0.05, 0.1) is 16.6 Å². The second kappa shape index (κ2) is 6.42. The summed E-state index contributed by atoms with van der Waals surface area (Å²) in [5.41, 5.74) is 8.62. The smallest absolute Gasteiger partial charge is 0.148 e. The molecule has 180 valence electrons. The third kappa shape index (κ3) is 2.76. The van der Waals surface area contributed by atoms with E-state index in [1.807, 2.05) is 0 Å². The molecule has 0 amide bonds. The quantitative estimate of drug-likeness (QED) is 0.267. The van der Waals surface area contributed by atoms with Crippen molar-refractivity contribution >= 4 is 27.6 Å². The second-order valence-electron chi connectivity index (χ2n) is 14.2. The van der Waals surface area contributed by atoms with Gasteiger partial charge in [0.2, 0.25) is 0 Å². The number of nitrogens with zero attached hydrogens (tertiary/aromatic N) is 3. The third-order valence-electron chi connectivity index (χ3n) is 9.45. The predicted molar refractivity (Wildman–Crippen MR) is 145 cm³/mol. The Bertz CT molecular complexity index is 1480. The number of rotatable bonds is 0. The largest absolute Gasteiger partial charge is 0.279 e. The highest BCUT2D eigenvalue weighted by Gasteiger charge is 2.57. The summed E-state index contributed by atoms with van der Waals surface area (Å²) in [5, 5.41) is 1.13. The van der Waals surface area contributed by atoms with Crippen LogP contribution in [0.5, 0.6) is 0 Å². The lowest BCUT2D eigenvalue weighted by atomic mass is 9.59. The molecule has 1 aliphatic carbocycles. The molecule has 1 aliphatic rings. The van der Waals surface area contributed by atoms with E-state index < -0.39 is 0 Å². The molecular weight excluding hydrogens is 414 g/mol. The lowest BCUT2D eigenvalue weighted by Crippen LogP contribution is -2.42. The van der Waals surface area contributed by atoms with E-state index >= 15 is 0 Å². The van der Waals surface area contributed by atoms with E-state index in [1.54, 1.807) is 0 Å². The van der Waals surface area contributed by atoms with Gasteiger partial charge in [-0.3, -0.25) is 4.40 Å². The minimum absolute atomic E-state index is 0.00677. The van der Waals surface area contributed by atoms with Crippen LogP contribution in [0.15, 0.2) is 30.3 Å². The molecule has 0 saturated heterocycles. The molecule has 0 saturated carbocycles. The molecule has 2 aromatic carbocycles. The van der Waals surface area contributed by atoms with Gasteiger partial charge in [-0.2, -0.15) is 0 Å². The molecule has 2 aromatic heterocycles. The lowest BCUT2D eigenvalue weighted by molar-refractivity contribution is 0.125. The van der Waals surface area contributed by atoms with Gasteiger partial charge in [0.25, 0.3) is 0 Å². The molecule has 0 unspecified atom stereocenters. The van der Waals surface area contributed by atoms with Gasteiger partial charge < -0.3 is 0 Å². The van der Waals surface area contributed by atoms with Crippen LogP contribution in [0.2, 0.25) is 0 Å². The molecular formula is C31H41N3. The number of hydrogen-bond acceptors (Lipinski definition) is 2. The van der Waals surface area contributed by atoms with Crippen molar-refractivity contribution in [2.24, 2.45) is 5.41 Å². The van der Waals surface area contributed by atoms with E-state index in [4.69, 9.17) is 9.97 Å². The van der Waals surface area contributed by atoms with Gasteiger partial charge in [0.1, 0.15) is 11.5 Å². The monoisotopic (exact) mass is 455 g/mol. The van der Waals surface area contributed by atoms with E-state index in [1.165, 1.54) is 22.2 Å². The van der Waals surface area contributed by atoms with Crippen LogP contribution >= 0.6 is 0 Å². The molecule has 0 fully saturated rings. The molecule has 0 spiro atoms. The van der Waals surface area contributed by atoms with Crippen molar-refractivity contribution in [3.05, 3.63) is 52.8 Å². The van der Waals surface area contributed by atoms with Crippen molar-refractivity contribution in [1.29, 1.82) is 0 Å². The summed E-state index contributed by atoms with van der Waals surface area (Å²) < 4.78 is 2.35. The Kier molecular flexibility index (Phi) is 4.40. The van der Waals surface area contributed by atoms with Crippen molar-refractivity contribution < 1.29 is 0 Å². The van der Waals surface area contributed by atoms with Gasteiger partial charge >= 0.3 is 0 Å².